The number of benzene rings is 1. The summed E-state index contributed by atoms with van der Waals surface area (Å²) in [6, 6.07) is 11.4. The molecule has 5 rings (SSSR count). The Kier molecular flexibility index (Phi) is 3.39. The molecule has 2 aromatic rings. The van der Waals surface area contributed by atoms with Crippen molar-refractivity contribution in [2.45, 2.75) is 37.1 Å². The number of likely N-dealkylation sites (tertiary alicyclic amines) is 1. The van der Waals surface area contributed by atoms with Crippen LogP contribution in [-0.4, -0.2) is 28.2 Å². The molecule has 1 saturated heterocycles. The van der Waals surface area contributed by atoms with Crippen LogP contribution in [0.15, 0.2) is 48.8 Å². The molecule has 1 spiro atoms. The van der Waals surface area contributed by atoms with E-state index in [0.29, 0.717) is 25.3 Å². The van der Waals surface area contributed by atoms with E-state index in [2.05, 4.69) is 10.3 Å². The molecule has 2 fully saturated rings. The van der Waals surface area contributed by atoms with Crippen molar-refractivity contribution in [3.05, 3.63) is 59.9 Å². The van der Waals surface area contributed by atoms with E-state index in [-0.39, 0.29) is 17.9 Å². The third-order valence-electron chi connectivity index (χ3n) is 6.07. The molecule has 5 heteroatoms. The molecule has 5 nitrogen and oxygen atoms in total. The number of anilines is 1. The molecule has 2 amide bonds. The zero-order valence-electron chi connectivity index (χ0n) is 14.5. The molecule has 26 heavy (non-hydrogen) atoms. The maximum Gasteiger partial charge on any atom is 0.237 e. The molecule has 1 saturated carbocycles. The second-order valence-electron chi connectivity index (χ2n) is 7.64. The highest BCUT2D eigenvalue weighted by Crippen LogP contribution is 2.55. The van der Waals surface area contributed by atoms with Gasteiger partial charge in [0.25, 0.3) is 0 Å². The van der Waals surface area contributed by atoms with Crippen LogP contribution in [0.5, 0.6) is 0 Å². The SMILES string of the molecule is O=C(CC1CC1)N1CCC2(C(=O)Nc3ccccc32)C1c1cccnc1. The number of hydrogen-bond donors (Lipinski definition) is 1. The van der Waals surface area contributed by atoms with E-state index in [4.69, 9.17) is 0 Å². The Hall–Kier alpha value is -2.69. The van der Waals surface area contributed by atoms with Gasteiger partial charge in [-0.15, -0.1) is 0 Å². The molecule has 0 bridgehead atoms. The molecular formula is C21H21N3O2. The van der Waals surface area contributed by atoms with Crippen molar-refractivity contribution in [1.82, 2.24) is 9.88 Å². The lowest BCUT2D eigenvalue weighted by Gasteiger charge is -2.34. The molecule has 2 unspecified atom stereocenters. The Morgan fingerprint density at radius 2 is 2.08 bits per heavy atom. The summed E-state index contributed by atoms with van der Waals surface area (Å²) < 4.78 is 0. The Bertz CT molecular complexity index is 878. The van der Waals surface area contributed by atoms with E-state index in [9.17, 15) is 9.59 Å². The summed E-state index contributed by atoms with van der Waals surface area (Å²) in [5, 5.41) is 3.05. The van der Waals surface area contributed by atoms with Gasteiger partial charge in [0.2, 0.25) is 11.8 Å². The van der Waals surface area contributed by atoms with Gasteiger partial charge in [-0.1, -0.05) is 24.3 Å². The second kappa shape index (κ2) is 5.66. The van der Waals surface area contributed by atoms with E-state index in [1.807, 2.05) is 41.3 Å². The number of para-hydroxylation sites is 1. The van der Waals surface area contributed by atoms with Gasteiger partial charge in [0.05, 0.1) is 6.04 Å². The van der Waals surface area contributed by atoms with Gasteiger partial charge in [0, 0.05) is 31.0 Å². The smallest absolute Gasteiger partial charge is 0.237 e. The fraction of sp³-hybridized carbons (Fsp3) is 0.381. The molecule has 3 aliphatic rings. The Balaban J connectivity index is 1.63. The average Bonchev–Trinajstić information content (AvgIpc) is 3.31. The van der Waals surface area contributed by atoms with Crippen LogP contribution in [0.3, 0.4) is 0 Å². The third-order valence-corrected chi connectivity index (χ3v) is 6.07. The van der Waals surface area contributed by atoms with Crippen molar-refractivity contribution in [3.8, 4) is 0 Å². The lowest BCUT2D eigenvalue weighted by molar-refractivity contribution is -0.133. The molecule has 132 valence electrons. The number of nitrogens with zero attached hydrogens (tertiary/aromatic N) is 2. The zero-order chi connectivity index (χ0) is 17.7. The fourth-order valence-corrected chi connectivity index (χ4v) is 4.64. The molecule has 1 N–H and O–H groups in total. The highest BCUT2D eigenvalue weighted by Gasteiger charge is 2.59. The highest BCUT2D eigenvalue weighted by atomic mass is 16.2. The first kappa shape index (κ1) is 15.6. The minimum atomic E-state index is -0.723. The van der Waals surface area contributed by atoms with Gasteiger partial charge in [0.1, 0.15) is 5.41 Å². The number of carbonyl (C=O) groups excluding carboxylic acids is 2. The summed E-state index contributed by atoms with van der Waals surface area (Å²) in [7, 11) is 0. The first-order valence-corrected chi connectivity index (χ1v) is 9.30. The Labute approximate surface area is 152 Å². The molecule has 2 atom stereocenters. The highest BCUT2D eigenvalue weighted by molar-refractivity contribution is 6.07. The lowest BCUT2D eigenvalue weighted by atomic mass is 9.73. The zero-order valence-corrected chi connectivity index (χ0v) is 14.5. The number of fused-ring (bicyclic) bond motifs is 2. The van der Waals surface area contributed by atoms with Crippen LogP contribution in [0.2, 0.25) is 0 Å². The van der Waals surface area contributed by atoms with Gasteiger partial charge >= 0.3 is 0 Å². The van der Waals surface area contributed by atoms with Crippen LogP contribution in [0.4, 0.5) is 5.69 Å². The van der Waals surface area contributed by atoms with Crippen LogP contribution in [0.1, 0.15) is 42.9 Å². The third kappa shape index (κ3) is 2.19. The van der Waals surface area contributed by atoms with E-state index < -0.39 is 5.41 Å². The molecule has 0 radical (unpaired) electrons. The standard InChI is InChI=1S/C21H21N3O2/c25-18(12-14-7-8-14)24-11-9-21(19(24)15-4-3-10-22-13-15)16-5-1-2-6-17(16)23-20(21)26/h1-6,10,13-14,19H,7-9,11-12H2,(H,23,26). The van der Waals surface area contributed by atoms with Gasteiger partial charge in [-0.25, -0.2) is 0 Å². The van der Waals surface area contributed by atoms with Gasteiger partial charge in [-0.3, -0.25) is 14.6 Å². The minimum absolute atomic E-state index is 0.00530. The van der Waals surface area contributed by atoms with Crippen molar-refractivity contribution in [2.75, 3.05) is 11.9 Å². The van der Waals surface area contributed by atoms with Gasteiger partial charge < -0.3 is 10.2 Å². The van der Waals surface area contributed by atoms with Gasteiger partial charge in [-0.2, -0.15) is 0 Å². The number of aromatic nitrogens is 1. The van der Waals surface area contributed by atoms with Crippen LogP contribution >= 0.6 is 0 Å². The predicted molar refractivity (Wildman–Crippen MR) is 97.4 cm³/mol. The first-order valence-electron chi connectivity index (χ1n) is 9.30. The van der Waals surface area contributed by atoms with Crippen molar-refractivity contribution in [1.29, 1.82) is 0 Å². The largest absolute Gasteiger partial charge is 0.334 e. The predicted octanol–water partition coefficient (Wildman–Crippen LogP) is 3.05. The van der Waals surface area contributed by atoms with Crippen molar-refractivity contribution in [2.24, 2.45) is 5.92 Å². The monoisotopic (exact) mass is 347 g/mol. The Morgan fingerprint density at radius 3 is 2.85 bits per heavy atom. The summed E-state index contributed by atoms with van der Waals surface area (Å²) >= 11 is 0. The molecule has 1 aromatic heterocycles. The van der Waals surface area contributed by atoms with E-state index in [1.54, 1.807) is 12.4 Å². The van der Waals surface area contributed by atoms with Gasteiger partial charge in [-0.05, 0) is 48.4 Å². The summed E-state index contributed by atoms with van der Waals surface area (Å²) in [6.45, 7) is 0.604. The number of amides is 2. The van der Waals surface area contributed by atoms with Crippen molar-refractivity contribution in [3.63, 3.8) is 0 Å². The first-order chi connectivity index (χ1) is 12.7. The maximum absolute atomic E-state index is 13.2. The summed E-state index contributed by atoms with van der Waals surface area (Å²) in [4.78, 5) is 32.4. The van der Waals surface area contributed by atoms with Gasteiger partial charge in [0.15, 0.2) is 0 Å². The summed E-state index contributed by atoms with van der Waals surface area (Å²) in [6.07, 6.45) is 7.05. The van der Waals surface area contributed by atoms with E-state index >= 15 is 0 Å². The maximum atomic E-state index is 13.2. The van der Waals surface area contributed by atoms with Crippen LogP contribution in [0, 0.1) is 5.92 Å². The topological polar surface area (TPSA) is 62.3 Å². The average molecular weight is 347 g/mol. The lowest BCUT2D eigenvalue weighted by Crippen LogP contribution is -2.42. The molecule has 2 aliphatic heterocycles. The molecule has 3 heterocycles. The number of rotatable bonds is 3. The van der Waals surface area contributed by atoms with Crippen LogP contribution < -0.4 is 5.32 Å². The summed E-state index contributed by atoms with van der Waals surface area (Å²) in [5.74, 6) is 0.683. The quantitative estimate of drug-likeness (QED) is 0.928. The molecule has 1 aromatic carbocycles. The summed E-state index contributed by atoms with van der Waals surface area (Å²) in [5.41, 5.74) is 2.07. The Morgan fingerprint density at radius 1 is 1.23 bits per heavy atom. The van der Waals surface area contributed by atoms with Crippen molar-refractivity contribution < 1.29 is 9.59 Å². The van der Waals surface area contributed by atoms with Crippen molar-refractivity contribution >= 4 is 17.5 Å². The molecule has 1 aliphatic carbocycles. The van der Waals surface area contributed by atoms with Crippen LogP contribution in [0.25, 0.3) is 0 Å². The minimum Gasteiger partial charge on any atom is -0.334 e. The van der Waals surface area contributed by atoms with E-state index in [1.165, 1.54) is 0 Å². The van der Waals surface area contributed by atoms with Crippen LogP contribution in [-0.2, 0) is 15.0 Å². The number of carbonyl (C=O) groups is 2. The van der Waals surface area contributed by atoms with E-state index in [0.717, 1.165) is 29.7 Å². The number of nitrogens with one attached hydrogen (secondary N) is 1. The normalized spacial score (nSPS) is 26.8. The second-order valence-corrected chi connectivity index (χ2v) is 7.64. The number of hydrogen-bond acceptors (Lipinski definition) is 3. The fourth-order valence-electron chi connectivity index (χ4n) is 4.64. The molecular weight excluding hydrogens is 326 g/mol. The number of pyridine rings is 1.